The van der Waals surface area contributed by atoms with Gasteiger partial charge in [0.2, 0.25) is 8.32 Å². The van der Waals surface area contributed by atoms with Gasteiger partial charge >= 0.3 is 0 Å². The van der Waals surface area contributed by atoms with Crippen molar-refractivity contribution >= 4 is 30.8 Å². The van der Waals surface area contributed by atoms with Gasteiger partial charge in [0.05, 0.1) is 6.42 Å². The van der Waals surface area contributed by atoms with Gasteiger partial charge in [-0.25, -0.2) is 0 Å². The Morgan fingerprint density at radius 2 is 1.71 bits per heavy atom. The van der Waals surface area contributed by atoms with Crippen LogP contribution in [0.4, 0.5) is 0 Å². The first kappa shape index (κ1) is 18.9. The lowest BCUT2D eigenvalue weighted by Gasteiger charge is -2.44. The molecule has 1 unspecified atom stereocenters. The molecule has 0 radical (unpaired) electrons. The third-order valence-corrected chi connectivity index (χ3v) is 15.5. The minimum atomic E-state index is -1.79. The molecule has 0 amide bonds. The van der Waals surface area contributed by atoms with Gasteiger partial charge in [0, 0.05) is 6.04 Å². The Morgan fingerprint density at radius 1 is 1.24 bits per heavy atom. The maximum atomic E-state index is 12.3. The molecule has 0 aliphatic carbocycles. The summed E-state index contributed by atoms with van der Waals surface area (Å²) >= 11 is 0. The van der Waals surface area contributed by atoms with Crippen molar-refractivity contribution in [1.82, 2.24) is 4.23 Å². The molecule has 0 aromatic carbocycles. The average molecular weight is 344 g/mol. The molecular weight excluding hydrogens is 310 g/mol. The van der Waals surface area contributed by atoms with Crippen molar-refractivity contribution in [2.75, 3.05) is 0 Å². The second-order valence-corrected chi connectivity index (χ2v) is 22.6. The van der Waals surface area contributed by atoms with Crippen LogP contribution in [0, 0.1) is 0 Å². The van der Waals surface area contributed by atoms with Crippen LogP contribution < -0.4 is 0 Å². The van der Waals surface area contributed by atoms with E-state index < -0.39 is 24.8 Å². The molecule has 21 heavy (non-hydrogen) atoms. The maximum absolute atomic E-state index is 12.3. The third-order valence-electron chi connectivity index (χ3n) is 4.28. The van der Waals surface area contributed by atoms with Gasteiger partial charge < -0.3 is 8.66 Å². The highest BCUT2D eigenvalue weighted by molar-refractivity contribution is 6.95. The molecule has 122 valence electrons. The molecule has 1 aliphatic heterocycles. The summed E-state index contributed by atoms with van der Waals surface area (Å²) in [6.45, 7) is 19.9. The molecule has 0 N–H and O–H groups in total. The minimum absolute atomic E-state index is 0.0116. The van der Waals surface area contributed by atoms with E-state index in [0.29, 0.717) is 12.5 Å². The molecule has 1 rings (SSSR count). The number of rotatable bonds is 6. The first-order valence-electron chi connectivity index (χ1n) is 8.01. The van der Waals surface area contributed by atoms with E-state index in [-0.39, 0.29) is 5.97 Å². The van der Waals surface area contributed by atoms with Gasteiger partial charge in [-0.1, -0.05) is 32.3 Å². The molecule has 6 heteroatoms. The van der Waals surface area contributed by atoms with Gasteiger partial charge in [0.25, 0.3) is 5.97 Å². The van der Waals surface area contributed by atoms with E-state index in [9.17, 15) is 4.79 Å². The van der Waals surface area contributed by atoms with Gasteiger partial charge in [-0.3, -0.25) is 4.79 Å². The second kappa shape index (κ2) is 6.52. The fraction of sp³-hybridized carbons (Fsp3) is 0.800. The van der Waals surface area contributed by atoms with E-state index in [4.69, 9.17) is 4.43 Å². The molecule has 1 saturated heterocycles. The second-order valence-electron chi connectivity index (χ2n) is 8.46. The lowest BCUT2D eigenvalue weighted by atomic mass is 10.1. The van der Waals surface area contributed by atoms with Crippen molar-refractivity contribution in [3.05, 3.63) is 12.7 Å². The van der Waals surface area contributed by atoms with Crippen molar-refractivity contribution in [3.8, 4) is 0 Å². The van der Waals surface area contributed by atoms with Crippen LogP contribution in [0.25, 0.3) is 0 Å². The zero-order valence-corrected chi connectivity index (χ0v) is 18.0. The molecular formula is C15H33NO2Si3. The summed E-state index contributed by atoms with van der Waals surface area (Å²) in [7, 11) is -4.55. The highest BCUT2D eigenvalue weighted by atomic mass is 28.4. The summed E-state index contributed by atoms with van der Waals surface area (Å²) in [6, 6.07) is 3.03. The summed E-state index contributed by atoms with van der Waals surface area (Å²) < 4.78 is 8.48. The molecule has 0 aromatic rings. The van der Waals surface area contributed by atoms with Crippen LogP contribution in [-0.4, -0.2) is 41.0 Å². The third kappa shape index (κ3) is 5.19. The lowest BCUT2D eigenvalue weighted by molar-refractivity contribution is -0.135. The van der Waals surface area contributed by atoms with Gasteiger partial charge in [0.15, 0.2) is 0 Å². The van der Waals surface area contributed by atoms with Crippen LogP contribution in [0.15, 0.2) is 12.7 Å². The molecule has 1 aliphatic rings. The van der Waals surface area contributed by atoms with Crippen LogP contribution >= 0.6 is 0 Å². The topological polar surface area (TPSA) is 29.5 Å². The van der Waals surface area contributed by atoms with Crippen molar-refractivity contribution in [2.24, 2.45) is 0 Å². The molecule has 0 spiro atoms. The summed E-state index contributed by atoms with van der Waals surface area (Å²) in [6.07, 6.45) is 3.40. The Bertz CT molecular complexity index is 386. The monoisotopic (exact) mass is 343 g/mol. The van der Waals surface area contributed by atoms with Crippen LogP contribution in [0.5, 0.6) is 0 Å². The molecule has 0 aromatic heterocycles. The zero-order valence-electron chi connectivity index (χ0n) is 15.0. The highest BCUT2D eigenvalue weighted by Gasteiger charge is 2.50. The number of hydrogen-bond acceptors (Lipinski definition) is 3. The van der Waals surface area contributed by atoms with Gasteiger partial charge in [0.1, 0.15) is 16.5 Å². The standard InChI is InChI=1S/C15H33NO2Si3/c1-9-10-14(13-15(17)18-19(2,3)4)16-20(5,6)11-12-21(16,7)8/h9,14H,1,10-13H2,2-8H3. The number of nitrogens with zero attached hydrogens (tertiary/aromatic N) is 1. The summed E-state index contributed by atoms with van der Waals surface area (Å²) in [5.74, 6) is -0.0116. The Kier molecular flexibility index (Phi) is 5.86. The van der Waals surface area contributed by atoms with E-state index in [0.717, 1.165) is 6.42 Å². The molecule has 1 fully saturated rings. The largest absolute Gasteiger partial charge is 0.520 e. The summed E-state index contributed by atoms with van der Waals surface area (Å²) in [5, 5.41) is 0. The number of hydrogen-bond donors (Lipinski definition) is 0. The molecule has 1 heterocycles. The van der Waals surface area contributed by atoms with E-state index >= 15 is 0 Å². The normalized spacial score (nSPS) is 22.8. The molecule has 1 atom stereocenters. The van der Waals surface area contributed by atoms with E-state index in [1.165, 1.54) is 12.1 Å². The summed E-state index contributed by atoms with van der Waals surface area (Å²) in [4.78, 5) is 12.3. The molecule has 0 bridgehead atoms. The highest BCUT2D eigenvalue weighted by Crippen LogP contribution is 2.40. The van der Waals surface area contributed by atoms with E-state index in [2.05, 4.69) is 56.6 Å². The fourth-order valence-corrected chi connectivity index (χ4v) is 19.4. The van der Waals surface area contributed by atoms with Crippen LogP contribution in [-0.2, 0) is 9.22 Å². The lowest BCUT2D eigenvalue weighted by Crippen LogP contribution is -2.60. The smallest absolute Gasteiger partial charge is 0.294 e. The van der Waals surface area contributed by atoms with Crippen molar-refractivity contribution in [3.63, 3.8) is 0 Å². The number of carbonyl (C=O) groups excluding carboxylic acids is 1. The maximum Gasteiger partial charge on any atom is 0.294 e. The Hall–Kier alpha value is -0.179. The first-order valence-corrected chi connectivity index (χ1v) is 17.7. The van der Waals surface area contributed by atoms with Crippen molar-refractivity contribution in [2.45, 2.75) is 76.8 Å². The zero-order chi connectivity index (χ0) is 16.5. The van der Waals surface area contributed by atoms with Gasteiger partial charge in [-0.05, 0) is 38.2 Å². The molecule has 3 nitrogen and oxygen atoms in total. The Morgan fingerprint density at radius 3 is 2.10 bits per heavy atom. The van der Waals surface area contributed by atoms with Crippen LogP contribution in [0.1, 0.15) is 12.8 Å². The minimum Gasteiger partial charge on any atom is -0.520 e. The predicted molar refractivity (Wildman–Crippen MR) is 99.1 cm³/mol. The number of carbonyl (C=O) groups is 1. The van der Waals surface area contributed by atoms with Crippen molar-refractivity contribution < 1.29 is 9.22 Å². The van der Waals surface area contributed by atoms with Crippen LogP contribution in [0.3, 0.4) is 0 Å². The quantitative estimate of drug-likeness (QED) is 0.528. The fourth-order valence-electron chi connectivity index (χ4n) is 3.71. The van der Waals surface area contributed by atoms with Crippen molar-refractivity contribution in [1.29, 1.82) is 0 Å². The Balaban J connectivity index is 2.90. The van der Waals surface area contributed by atoms with Crippen LogP contribution in [0.2, 0.25) is 57.9 Å². The SMILES string of the molecule is C=CCC(CC(=O)O[Si](C)(C)C)N1[Si](C)(C)CC[Si]1(C)C. The molecule has 0 saturated carbocycles. The first-order chi connectivity index (χ1) is 9.39. The van der Waals surface area contributed by atoms with Gasteiger partial charge in [-0.2, -0.15) is 0 Å². The average Bonchev–Trinajstić information content (AvgIpc) is 2.44. The Labute approximate surface area is 134 Å². The summed E-state index contributed by atoms with van der Waals surface area (Å²) in [5.41, 5.74) is 0. The van der Waals surface area contributed by atoms with E-state index in [1.54, 1.807) is 0 Å². The predicted octanol–water partition coefficient (Wildman–Crippen LogP) is 4.43. The van der Waals surface area contributed by atoms with Gasteiger partial charge in [-0.15, -0.1) is 6.58 Å². The van der Waals surface area contributed by atoms with E-state index in [1.807, 2.05) is 6.08 Å².